The first kappa shape index (κ1) is 25.5. The predicted molar refractivity (Wildman–Crippen MR) is 133 cm³/mol. The summed E-state index contributed by atoms with van der Waals surface area (Å²) in [5.74, 6) is 0.204. The van der Waals surface area contributed by atoms with Crippen LogP contribution in [0.1, 0.15) is 88.5 Å². The summed E-state index contributed by atoms with van der Waals surface area (Å²) in [5, 5.41) is 11.2. The van der Waals surface area contributed by atoms with Crippen molar-refractivity contribution in [3.63, 3.8) is 0 Å². The molecule has 2 heterocycles. The van der Waals surface area contributed by atoms with Crippen LogP contribution in [0.2, 0.25) is 0 Å². The van der Waals surface area contributed by atoms with Gasteiger partial charge in [-0.1, -0.05) is 62.4 Å². The maximum absolute atomic E-state index is 12.7. The molecule has 1 aliphatic carbocycles. The van der Waals surface area contributed by atoms with E-state index in [-0.39, 0.29) is 17.0 Å². The molecule has 2 aliphatic rings. The number of amides is 1. The second-order valence-corrected chi connectivity index (χ2v) is 10.5. The summed E-state index contributed by atoms with van der Waals surface area (Å²) in [6.07, 6.45) is 13.7. The number of aromatic hydroxyl groups is 1. The van der Waals surface area contributed by atoms with Gasteiger partial charge in [-0.15, -0.1) is 0 Å². The van der Waals surface area contributed by atoms with Crippen molar-refractivity contribution in [1.29, 1.82) is 0 Å². The zero-order chi connectivity index (χ0) is 24.2. The van der Waals surface area contributed by atoms with E-state index >= 15 is 0 Å². The Labute approximate surface area is 202 Å². The molecule has 182 valence electrons. The maximum atomic E-state index is 12.7. The molecule has 1 fully saturated rings. The van der Waals surface area contributed by atoms with Crippen LogP contribution in [0.25, 0.3) is 0 Å². The molecule has 0 aromatic carbocycles. The summed E-state index contributed by atoms with van der Waals surface area (Å²) < 4.78 is 1.80. The zero-order valence-corrected chi connectivity index (χ0v) is 21.2. The predicted octanol–water partition coefficient (Wildman–Crippen LogP) is 5.42. The number of carbonyl (C=O) groups excluding carboxylic acids is 1. The quantitative estimate of drug-likeness (QED) is 0.509. The molecule has 33 heavy (non-hydrogen) atoms. The lowest BCUT2D eigenvalue weighted by molar-refractivity contribution is 0.0726. The fourth-order valence-electron chi connectivity index (χ4n) is 5.37. The third-order valence-corrected chi connectivity index (χ3v) is 7.87. The molecule has 1 saturated carbocycles. The Kier molecular flexibility index (Phi) is 8.43. The smallest absolute Gasteiger partial charge is 0.315 e. The number of fused-ring (bicyclic) bond motifs is 1. The summed E-state index contributed by atoms with van der Waals surface area (Å²) >= 11 is 6.03. The zero-order valence-electron chi connectivity index (χ0n) is 20.5. The van der Waals surface area contributed by atoms with Crippen LogP contribution in [-0.2, 0) is 13.0 Å². The van der Waals surface area contributed by atoms with Gasteiger partial charge in [0.05, 0.1) is 0 Å². The van der Waals surface area contributed by atoms with Crippen molar-refractivity contribution in [3.8, 4) is 5.75 Å². The molecule has 7 heteroatoms. The average molecular weight is 476 g/mol. The lowest BCUT2D eigenvalue weighted by atomic mass is 9.63. The molecule has 3 rings (SSSR count). The van der Waals surface area contributed by atoms with Gasteiger partial charge in [0, 0.05) is 31.6 Å². The summed E-state index contributed by atoms with van der Waals surface area (Å²) in [7, 11) is 1.69. The van der Waals surface area contributed by atoms with Gasteiger partial charge in [-0.2, -0.15) is 4.98 Å². The van der Waals surface area contributed by atoms with E-state index in [1.54, 1.807) is 16.5 Å². The van der Waals surface area contributed by atoms with Crippen LogP contribution in [0.3, 0.4) is 0 Å². The molecule has 1 atom stereocenters. The van der Waals surface area contributed by atoms with Crippen LogP contribution in [0.15, 0.2) is 27.6 Å². The van der Waals surface area contributed by atoms with Gasteiger partial charge in [-0.05, 0) is 50.4 Å². The van der Waals surface area contributed by atoms with E-state index in [0.717, 1.165) is 37.1 Å². The van der Waals surface area contributed by atoms with Crippen LogP contribution in [0.5, 0.6) is 5.75 Å². The van der Waals surface area contributed by atoms with Gasteiger partial charge in [0.2, 0.25) is 5.75 Å². The van der Waals surface area contributed by atoms with Gasteiger partial charge in [-0.3, -0.25) is 9.59 Å². The fourth-order valence-corrected chi connectivity index (χ4v) is 5.44. The Morgan fingerprint density at radius 2 is 1.91 bits per heavy atom. The summed E-state index contributed by atoms with van der Waals surface area (Å²) in [5.41, 5.74) is 0.802. The van der Waals surface area contributed by atoms with E-state index in [2.05, 4.69) is 31.0 Å². The molecule has 1 aromatic rings. The minimum Gasteiger partial charge on any atom is -0.501 e. The normalized spacial score (nSPS) is 20.0. The van der Waals surface area contributed by atoms with Gasteiger partial charge in [0.15, 0.2) is 5.69 Å². The molecule has 0 spiro atoms. The van der Waals surface area contributed by atoms with Gasteiger partial charge in [0.25, 0.3) is 5.91 Å². The highest BCUT2D eigenvalue weighted by Crippen LogP contribution is 2.46. The standard InChI is InChI=1S/C26H38ClN3O3/c1-5-20(12-10-19(3)27)11-9-18(2)26(13-7-6-8-14-26)17-21-28-24(32)23(31)22-25(33)29(4)15-16-30(21)22/h10-11,18,31H,5-9,12-17H2,1-4H3/b19-10+,20-11-. The minimum atomic E-state index is -0.699. The number of hydrogen-bond acceptors (Lipinski definition) is 4. The molecule has 1 aromatic heterocycles. The third-order valence-electron chi connectivity index (χ3n) is 7.71. The van der Waals surface area contributed by atoms with E-state index in [1.165, 1.54) is 24.8 Å². The number of hydrogen-bond donors (Lipinski definition) is 1. The summed E-state index contributed by atoms with van der Waals surface area (Å²) in [6, 6.07) is 0. The second kappa shape index (κ2) is 10.9. The SMILES string of the molecule is CC/C(=C/CC(C)C1(Cc2nc(=O)c(O)c3n2CCN(C)C3=O)CCCCC1)C/C=C(\C)Cl. The lowest BCUT2D eigenvalue weighted by Gasteiger charge is -2.43. The second-order valence-electron chi connectivity index (χ2n) is 9.86. The van der Waals surface area contributed by atoms with Gasteiger partial charge >= 0.3 is 5.56 Å². The van der Waals surface area contributed by atoms with Crippen molar-refractivity contribution in [2.75, 3.05) is 13.6 Å². The van der Waals surface area contributed by atoms with Crippen molar-refractivity contribution in [3.05, 3.63) is 44.6 Å². The van der Waals surface area contributed by atoms with Gasteiger partial charge in [0.1, 0.15) is 5.82 Å². The largest absolute Gasteiger partial charge is 0.501 e. The van der Waals surface area contributed by atoms with Gasteiger partial charge in [-0.25, -0.2) is 0 Å². The van der Waals surface area contributed by atoms with Crippen molar-refractivity contribution >= 4 is 17.5 Å². The Balaban J connectivity index is 1.93. The van der Waals surface area contributed by atoms with Crippen LogP contribution in [-0.4, -0.2) is 39.1 Å². The molecule has 0 radical (unpaired) electrons. The Hall–Kier alpha value is -2.08. The van der Waals surface area contributed by atoms with Crippen molar-refractivity contribution < 1.29 is 9.90 Å². The first-order valence-electron chi connectivity index (χ1n) is 12.3. The molecule has 1 N–H and O–H groups in total. The van der Waals surface area contributed by atoms with Crippen molar-refractivity contribution in [1.82, 2.24) is 14.5 Å². The topological polar surface area (TPSA) is 75.4 Å². The van der Waals surface area contributed by atoms with Crippen LogP contribution in [0.4, 0.5) is 0 Å². The molecule has 1 amide bonds. The number of rotatable bonds is 8. The van der Waals surface area contributed by atoms with E-state index in [4.69, 9.17) is 11.6 Å². The number of nitrogens with zero attached hydrogens (tertiary/aromatic N) is 3. The number of aromatic nitrogens is 2. The van der Waals surface area contributed by atoms with E-state index in [1.807, 2.05) is 6.92 Å². The maximum Gasteiger partial charge on any atom is 0.315 e. The molecule has 6 nitrogen and oxygen atoms in total. The van der Waals surface area contributed by atoms with E-state index in [0.29, 0.717) is 31.3 Å². The highest BCUT2D eigenvalue weighted by molar-refractivity contribution is 6.29. The minimum absolute atomic E-state index is 0.0232. The highest BCUT2D eigenvalue weighted by Gasteiger charge is 2.39. The van der Waals surface area contributed by atoms with Crippen LogP contribution in [0, 0.1) is 11.3 Å². The van der Waals surface area contributed by atoms with E-state index in [9.17, 15) is 14.7 Å². The third kappa shape index (κ3) is 5.71. The summed E-state index contributed by atoms with van der Waals surface area (Å²) in [4.78, 5) is 31.0. The molecular weight excluding hydrogens is 438 g/mol. The fraction of sp³-hybridized carbons (Fsp3) is 0.654. The Bertz CT molecular complexity index is 985. The lowest BCUT2D eigenvalue weighted by Crippen LogP contribution is -2.43. The summed E-state index contributed by atoms with van der Waals surface area (Å²) in [6.45, 7) is 7.48. The van der Waals surface area contributed by atoms with E-state index < -0.39 is 11.3 Å². The highest BCUT2D eigenvalue weighted by atomic mass is 35.5. The van der Waals surface area contributed by atoms with Gasteiger partial charge < -0.3 is 14.6 Å². The first-order valence-corrected chi connectivity index (χ1v) is 12.6. The Morgan fingerprint density at radius 3 is 2.55 bits per heavy atom. The van der Waals surface area contributed by atoms with Crippen LogP contribution < -0.4 is 5.56 Å². The molecule has 0 bridgehead atoms. The monoisotopic (exact) mass is 475 g/mol. The van der Waals surface area contributed by atoms with Crippen molar-refractivity contribution in [2.24, 2.45) is 11.3 Å². The number of likely N-dealkylation sites (N-methyl/N-ethyl adjacent to an activating group) is 1. The average Bonchev–Trinajstić information content (AvgIpc) is 2.79. The molecule has 0 saturated heterocycles. The van der Waals surface area contributed by atoms with Crippen molar-refractivity contribution in [2.45, 2.75) is 85.1 Å². The molecular formula is C26H38ClN3O3. The first-order chi connectivity index (χ1) is 15.7. The molecule has 1 unspecified atom stereocenters. The number of halogens is 1. The molecule has 1 aliphatic heterocycles. The number of allylic oxidation sites excluding steroid dienone is 4. The Morgan fingerprint density at radius 1 is 1.21 bits per heavy atom. The van der Waals surface area contributed by atoms with Crippen LogP contribution >= 0.6 is 11.6 Å². The number of carbonyl (C=O) groups is 1.